The fourth-order valence-electron chi connectivity index (χ4n) is 8.46. The quantitative estimate of drug-likeness (QED) is 0.312. The molecule has 1 saturated carbocycles. The molecule has 8 atom stereocenters. The average Bonchev–Trinajstić information content (AvgIpc) is 3.17. The molecule has 1 spiro atoms. The van der Waals surface area contributed by atoms with Crippen LogP contribution < -0.4 is 14.4 Å². The van der Waals surface area contributed by atoms with Crippen molar-refractivity contribution >= 4 is 44.7 Å². The summed E-state index contributed by atoms with van der Waals surface area (Å²) in [6.07, 6.45) is 8.87. The first-order chi connectivity index (χ1) is 22.6. The molecule has 2 aromatic rings. The minimum Gasteiger partial charge on any atom is -0.490 e. The molecule has 260 valence electrons. The van der Waals surface area contributed by atoms with Crippen molar-refractivity contribution in [3.8, 4) is 5.75 Å². The van der Waals surface area contributed by atoms with E-state index in [9.17, 15) is 18.9 Å². The molecule has 2 aromatic carbocycles. The number of rotatable bonds is 2. The molecule has 1 fully saturated rings. The summed E-state index contributed by atoms with van der Waals surface area (Å²) in [5.74, 6) is 3.27. The lowest BCUT2D eigenvalue weighted by Gasteiger charge is -2.51. The van der Waals surface area contributed by atoms with Crippen molar-refractivity contribution in [1.29, 1.82) is 0 Å². The van der Waals surface area contributed by atoms with Crippen molar-refractivity contribution in [3.05, 3.63) is 70.3 Å². The standard InChI is InChI=1S/C38H50ClN3O5S/c1-24-9-7-18-38(45,25(2)36(44)41(4)5)32-14-11-29(32)21-42-22-37(17-8-10-27-19-30(39)13-15-31(27)37)23-47-34-16-12-28(20-33(34)42)35(43)40-48(6,46)26(24)3/h7,12-13,15-16,18-20,24-26,29,32,45H,6,8-11,14,17,21-23H2,1-5H3,(H,40,43,46)/b18-7+/t24-,25-,26+,29-,32+,37-,38-,48?/m0/s1. The fourth-order valence-corrected chi connectivity index (χ4v) is 10.1. The van der Waals surface area contributed by atoms with Gasteiger partial charge in [-0.05, 0) is 111 Å². The Morgan fingerprint density at radius 3 is 2.69 bits per heavy atom. The number of allylic oxidation sites excluding steroid dienone is 1. The number of amides is 2. The molecule has 48 heavy (non-hydrogen) atoms. The monoisotopic (exact) mass is 695 g/mol. The van der Waals surface area contributed by atoms with Crippen molar-refractivity contribution in [3.63, 3.8) is 0 Å². The number of carbonyl (C=O) groups excluding carboxylic acids is 2. The Labute approximate surface area is 291 Å². The third kappa shape index (κ3) is 6.27. The predicted molar refractivity (Wildman–Crippen MR) is 194 cm³/mol. The number of aliphatic hydroxyl groups is 1. The maximum atomic E-state index is 13.9. The van der Waals surface area contributed by atoms with E-state index in [2.05, 4.69) is 27.6 Å². The second kappa shape index (κ2) is 13.0. The third-order valence-electron chi connectivity index (χ3n) is 11.8. The van der Waals surface area contributed by atoms with E-state index in [0.717, 1.165) is 42.8 Å². The lowest BCUT2D eigenvalue weighted by atomic mass is 9.60. The van der Waals surface area contributed by atoms with Crippen LogP contribution in [0.15, 0.2) is 48.6 Å². The molecule has 2 aliphatic heterocycles. The van der Waals surface area contributed by atoms with Crippen LogP contribution in [0.4, 0.5) is 5.69 Å². The van der Waals surface area contributed by atoms with Crippen LogP contribution in [0.25, 0.3) is 0 Å². The van der Waals surface area contributed by atoms with Crippen LogP contribution in [0.3, 0.4) is 0 Å². The smallest absolute Gasteiger partial charge is 0.262 e. The van der Waals surface area contributed by atoms with E-state index in [1.54, 1.807) is 25.1 Å². The maximum absolute atomic E-state index is 13.9. The molecule has 4 aliphatic rings. The molecule has 0 aromatic heterocycles. The van der Waals surface area contributed by atoms with Gasteiger partial charge in [0.15, 0.2) is 0 Å². The highest BCUT2D eigenvalue weighted by atomic mass is 35.5. The Bertz CT molecular complexity index is 1730. The summed E-state index contributed by atoms with van der Waals surface area (Å²) in [6.45, 7) is 7.39. The molecular weight excluding hydrogens is 646 g/mol. The largest absolute Gasteiger partial charge is 0.490 e. The second-order valence-corrected chi connectivity index (χ2v) is 17.9. The second-order valence-electron chi connectivity index (χ2n) is 15.1. The van der Waals surface area contributed by atoms with Gasteiger partial charge < -0.3 is 19.6 Å². The Kier molecular flexibility index (Phi) is 9.46. The summed E-state index contributed by atoms with van der Waals surface area (Å²) in [4.78, 5) is 30.9. The number of nitrogens with zero attached hydrogens (tertiary/aromatic N) is 2. The molecule has 2 bridgehead atoms. The SMILES string of the molecule is C=S1(=O)NC(=O)c2ccc3c(c2)N(C[C@@H]2CC[C@H]2[C@@](O)([C@@H](C)C(=O)N(C)C)/C=C/C[C@H](C)[C@H]1C)C[C@@]1(CCCc2cc(Cl)ccc21)CO3. The van der Waals surface area contributed by atoms with E-state index in [0.29, 0.717) is 37.4 Å². The highest BCUT2D eigenvalue weighted by molar-refractivity contribution is 7.99. The molecule has 1 unspecified atom stereocenters. The summed E-state index contributed by atoms with van der Waals surface area (Å²) in [7, 11) is 0.423. The van der Waals surface area contributed by atoms with E-state index in [-0.39, 0.29) is 29.1 Å². The third-order valence-corrected chi connectivity index (χ3v) is 14.3. The van der Waals surface area contributed by atoms with Gasteiger partial charge in [-0.2, -0.15) is 0 Å². The minimum absolute atomic E-state index is 0.0913. The number of halogens is 1. The Hall–Kier alpha value is -3.01. The number of fused-ring (bicyclic) bond motifs is 4. The van der Waals surface area contributed by atoms with Crippen molar-refractivity contribution in [1.82, 2.24) is 9.62 Å². The zero-order chi connectivity index (χ0) is 34.6. The first kappa shape index (κ1) is 34.8. The molecular formula is C38H50ClN3O5S. The molecule has 8 nitrogen and oxygen atoms in total. The van der Waals surface area contributed by atoms with Crippen LogP contribution in [0.2, 0.25) is 5.02 Å². The van der Waals surface area contributed by atoms with Crippen LogP contribution >= 0.6 is 11.6 Å². The predicted octanol–water partition coefficient (Wildman–Crippen LogP) is 5.64. The van der Waals surface area contributed by atoms with Crippen LogP contribution in [0, 0.1) is 23.7 Å². The van der Waals surface area contributed by atoms with E-state index >= 15 is 0 Å². The Balaban J connectivity index is 1.47. The number of hydrogen-bond donors (Lipinski definition) is 2. The Morgan fingerprint density at radius 1 is 1.21 bits per heavy atom. The maximum Gasteiger partial charge on any atom is 0.262 e. The molecule has 0 saturated heterocycles. The van der Waals surface area contributed by atoms with Gasteiger partial charge in [-0.1, -0.05) is 43.7 Å². The van der Waals surface area contributed by atoms with Gasteiger partial charge in [0, 0.05) is 48.4 Å². The van der Waals surface area contributed by atoms with Gasteiger partial charge in [0.1, 0.15) is 5.75 Å². The Morgan fingerprint density at radius 2 is 1.98 bits per heavy atom. The van der Waals surface area contributed by atoms with Crippen LogP contribution in [-0.4, -0.2) is 76.5 Å². The molecule has 6 rings (SSSR count). The zero-order valence-electron chi connectivity index (χ0n) is 28.8. The van der Waals surface area contributed by atoms with Crippen LogP contribution in [0.1, 0.15) is 74.4 Å². The van der Waals surface area contributed by atoms with Crippen molar-refractivity contribution in [2.45, 2.75) is 75.6 Å². The molecule has 10 heteroatoms. The van der Waals surface area contributed by atoms with Gasteiger partial charge in [0.2, 0.25) is 5.91 Å². The molecule has 2 N–H and O–H groups in total. The number of benzene rings is 2. The number of anilines is 1. The average molecular weight is 696 g/mol. The summed E-state index contributed by atoms with van der Waals surface area (Å²) in [5.41, 5.74) is 1.99. The van der Waals surface area contributed by atoms with E-state index in [4.69, 9.17) is 16.3 Å². The van der Waals surface area contributed by atoms with Crippen molar-refractivity contribution < 1.29 is 23.6 Å². The van der Waals surface area contributed by atoms with E-state index < -0.39 is 32.4 Å². The highest BCUT2D eigenvalue weighted by Crippen LogP contribution is 2.50. The van der Waals surface area contributed by atoms with Crippen molar-refractivity contribution in [2.75, 3.05) is 38.7 Å². The van der Waals surface area contributed by atoms with Gasteiger partial charge in [-0.3, -0.25) is 14.3 Å². The molecule has 2 amide bonds. The normalized spacial score (nSPS) is 34.7. The number of carbonyl (C=O) groups is 2. The topological polar surface area (TPSA) is 99.2 Å². The number of aryl methyl sites for hydroxylation is 1. The first-order valence-electron chi connectivity index (χ1n) is 17.3. The molecule has 2 heterocycles. The lowest BCUT2D eigenvalue weighted by Crippen LogP contribution is -2.57. The van der Waals surface area contributed by atoms with Gasteiger partial charge in [-0.25, -0.2) is 4.21 Å². The number of nitrogens with one attached hydrogen (secondary N) is 1. The van der Waals surface area contributed by atoms with Gasteiger partial charge in [0.05, 0.1) is 33.5 Å². The van der Waals surface area contributed by atoms with Crippen LogP contribution in [-0.2, 0) is 26.3 Å². The van der Waals surface area contributed by atoms with Gasteiger partial charge >= 0.3 is 0 Å². The minimum atomic E-state index is -3.03. The summed E-state index contributed by atoms with van der Waals surface area (Å²) < 4.78 is 23.2. The number of hydrogen-bond acceptors (Lipinski definition) is 6. The summed E-state index contributed by atoms with van der Waals surface area (Å²) in [6, 6.07) is 11.6. The van der Waals surface area contributed by atoms with Crippen molar-refractivity contribution in [2.24, 2.45) is 23.7 Å². The highest BCUT2D eigenvalue weighted by Gasteiger charge is 2.52. The number of ether oxygens (including phenoxy) is 1. The van der Waals surface area contributed by atoms with Crippen LogP contribution in [0.5, 0.6) is 5.75 Å². The first-order valence-corrected chi connectivity index (χ1v) is 19.4. The van der Waals surface area contributed by atoms with Gasteiger partial charge in [-0.15, -0.1) is 0 Å². The summed E-state index contributed by atoms with van der Waals surface area (Å²) in [5, 5.41) is 12.8. The fraction of sp³-hybridized carbons (Fsp3) is 0.553. The van der Waals surface area contributed by atoms with E-state index in [1.165, 1.54) is 11.1 Å². The lowest BCUT2D eigenvalue weighted by molar-refractivity contribution is -0.147. The molecule has 2 aliphatic carbocycles. The van der Waals surface area contributed by atoms with Gasteiger partial charge in [0.25, 0.3) is 5.91 Å². The zero-order valence-corrected chi connectivity index (χ0v) is 30.4. The van der Waals surface area contributed by atoms with E-state index in [1.807, 2.05) is 51.1 Å². The summed E-state index contributed by atoms with van der Waals surface area (Å²) >= 11 is 6.45. The molecule has 0 radical (unpaired) electrons.